The highest BCUT2D eigenvalue weighted by Crippen LogP contribution is 2.40. The first kappa shape index (κ1) is 14.8. The monoisotopic (exact) mass is 299 g/mol. The first-order chi connectivity index (χ1) is 10.7. The second-order valence-electron chi connectivity index (χ2n) is 6.24. The van der Waals surface area contributed by atoms with Crippen LogP contribution in [0.5, 0.6) is 0 Å². The lowest BCUT2D eigenvalue weighted by atomic mass is 9.71. The maximum Gasteiger partial charge on any atom is 0.313 e. The molecule has 1 spiro atoms. The fraction of sp³-hybridized carbons (Fsp3) is 0.471. The van der Waals surface area contributed by atoms with Gasteiger partial charge in [0.1, 0.15) is 0 Å². The number of hydrogen-bond acceptors (Lipinski definition) is 3. The van der Waals surface area contributed by atoms with E-state index in [2.05, 4.69) is 22.5 Å². The molecule has 2 amide bonds. The Morgan fingerprint density at radius 3 is 2.91 bits per heavy atom. The molecule has 5 heteroatoms. The van der Waals surface area contributed by atoms with Crippen molar-refractivity contribution in [2.24, 2.45) is 5.41 Å². The normalized spacial score (nSPS) is 24.3. The number of anilines is 1. The minimum Gasteiger partial charge on any atom is -0.334 e. The van der Waals surface area contributed by atoms with Crippen LogP contribution in [0.4, 0.5) is 5.69 Å². The molecule has 1 atom stereocenters. The standard InChI is InChI=1S/C17H21N3O2/c21-15(19-14-6-4-10-18-12-14)16(22)20-11-5-9-17(13-20)7-2-1-3-8-17/h1-2,4,6,10,12H,3,5,7-9,11,13H2,(H,19,21). The lowest BCUT2D eigenvalue weighted by molar-refractivity contribution is -0.145. The molecule has 1 aromatic rings. The Morgan fingerprint density at radius 2 is 2.18 bits per heavy atom. The fourth-order valence-corrected chi connectivity index (χ4v) is 3.46. The largest absolute Gasteiger partial charge is 0.334 e. The van der Waals surface area contributed by atoms with Gasteiger partial charge in [-0.3, -0.25) is 14.6 Å². The number of allylic oxidation sites excluding steroid dienone is 2. The van der Waals surface area contributed by atoms with E-state index in [1.807, 2.05) is 0 Å². The Bertz CT molecular complexity index is 585. The van der Waals surface area contributed by atoms with Crippen LogP contribution in [0.1, 0.15) is 32.1 Å². The summed E-state index contributed by atoms with van der Waals surface area (Å²) in [6.45, 7) is 1.36. The van der Waals surface area contributed by atoms with Crippen LogP contribution < -0.4 is 5.32 Å². The second-order valence-corrected chi connectivity index (χ2v) is 6.24. The number of piperidine rings is 1. The highest BCUT2D eigenvalue weighted by molar-refractivity contribution is 6.39. The van der Waals surface area contributed by atoms with Crippen molar-refractivity contribution in [1.29, 1.82) is 0 Å². The molecular weight excluding hydrogens is 278 g/mol. The van der Waals surface area contributed by atoms with E-state index in [1.165, 1.54) is 6.20 Å². The molecule has 1 fully saturated rings. The third-order valence-electron chi connectivity index (χ3n) is 4.62. The summed E-state index contributed by atoms with van der Waals surface area (Å²) in [4.78, 5) is 30.2. The van der Waals surface area contributed by atoms with E-state index in [4.69, 9.17) is 0 Å². The molecule has 22 heavy (non-hydrogen) atoms. The van der Waals surface area contributed by atoms with Crippen molar-refractivity contribution >= 4 is 17.5 Å². The van der Waals surface area contributed by atoms with Crippen LogP contribution >= 0.6 is 0 Å². The minimum atomic E-state index is -0.573. The number of pyridine rings is 1. The average molecular weight is 299 g/mol. The molecule has 2 aliphatic rings. The maximum atomic E-state index is 12.4. The van der Waals surface area contributed by atoms with E-state index in [1.54, 1.807) is 23.2 Å². The summed E-state index contributed by atoms with van der Waals surface area (Å²) in [6, 6.07) is 3.45. The Labute approximate surface area is 130 Å². The number of rotatable bonds is 1. The van der Waals surface area contributed by atoms with Crippen molar-refractivity contribution in [3.05, 3.63) is 36.7 Å². The second kappa shape index (κ2) is 6.30. The number of carbonyl (C=O) groups is 2. The van der Waals surface area contributed by atoms with Gasteiger partial charge in [-0.05, 0) is 49.7 Å². The Morgan fingerprint density at radius 1 is 1.27 bits per heavy atom. The zero-order valence-corrected chi connectivity index (χ0v) is 12.6. The quantitative estimate of drug-likeness (QED) is 0.639. The smallest absolute Gasteiger partial charge is 0.313 e. The first-order valence-corrected chi connectivity index (χ1v) is 7.84. The van der Waals surface area contributed by atoms with Crippen LogP contribution in [0.15, 0.2) is 36.7 Å². The molecule has 0 aromatic carbocycles. The zero-order chi connectivity index (χ0) is 15.4. The minimum absolute atomic E-state index is 0.178. The van der Waals surface area contributed by atoms with Gasteiger partial charge in [0, 0.05) is 19.3 Å². The molecule has 0 radical (unpaired) electrons. The lowest BCUT2D eigenvalue weighted by Crippen LogP contribution is -2.49. The van der Waals surface area contributed by atoms with Crippen molar-refractivity contribution in [3.8, 4) is 0 Å². The van der Waals surface area contributed by atoms with Crippen molar-refractivity contribution in [3.63, 3.8) is 0 Å². The lowest BCUT2D eigenvalue weighted by Gasteiger charge is -2.43. The van der Waals surface area contributed by atoms with Gasteiger partial charge < -0.3 is 10.2 Å². The van der Waals surface area contributed by atoms with Gasteiger partial charge in [0.2, 0.25) is 0 Å². The van der Waals surface area contributed by atoms with Crippen LogP contribution in [-0.4, -0.2) is 34.8 Å². The molecule has 116 valence electrons. The Hall–Kier alpha value is -2.17. The van der Waals surface area contributed by atoms with Crippen molar-refractivity contribution in [2.45, 2.75) is 32.1 Å². The molecule has 1 unspecified atom stereocenters. The zero-order valence-electron chi connectivity index (χ0n) is 12.6. The molecule has 1 N–H and O–H groups in total. The van der Waals surface area contributed by atoms with Gasteiger partial charge in [0.05, 0.1) is 11.9 Å². The van der Waals surface area contributed by atoms with E-state index in [0.717, 1.165) is 32.1 Å². The van der Waals surface area contributed by atoms with Gasteiger partial charge in [0.15, 0.2) is 0 Å². The van der Waals surface area contributed by atoms with Crippen LogP contribution in [-0.2, 0) is 9.59 Å². The van der Waals surface area contributed by atoms with Crippen LogP contribution in [0.3, 0.4) is 0 Å². The summed E-state index contributed by atoms with van der Waals surface area (Å²) >= 11 is 0. The number of likely N-dealkylation sites (tertiary alicyclic amines) is 1. The summed E-state index contributed by atoms with van der Waals surface area (Å²) in [5, 5.41) is 2.62. The van der Waals surface area contributed by atoms with E-state index in [-0.39, 0.29) is 5.41 Å². The Kier molecular flexibility index (Phi) is 4.22. The number of nitrogens with zero attached hydrogens (tertiary/aromatic N) is 2. The van der Waals surface area contributed by atoms with Crippen LogP contribution in [0, 0.1) is 5.41 Å². The molecule has 2 heterocycles. The fourth-order valence-electron chi connectivity index (χ4n) is 3.46. The number of amides is 2. The number of nitrogens with one attached hydrogen (secondary N) is 1. The molecule has 1 saturated heterocycles. The third-order valence-corrected chi connectivity index (χ3v) is 4.62. The SMILES string of the molecule is O=C(Nc1cccnc1)C(=O)N1CCCC2(CC=CCC2)C1. The summed E-state index contributed by atoms with van der Waals surface area (Å²) in [5.74, 6) is -1.01. The molecule has 1 aliphatic carbocycles. The molecule has 5 nitrogen and oxygen atoms in total. The topological polar surface area (TPSA) is 62.3 Å². The van der Waals surface area contributed by atoms with Crippen molar-refractivity contribution < 1.29 is 9.59 Å². The van der Waals surface area contributed by atoms with Gasteiger partial charge >= 0.3 is 11.8 Å². The van der Waals surface area contributed by atoms with Crippen molar-refractivity contribution in [2.75, 3.05) is 18.4 Å². The molecule has 3 rings (SSSR count). The predicted octanol–water partition coefficient (Wildman–Crippen LogP) is 2.37. The summed E-state index contributed by atoms with van der Waals surface area (Å²) in [6.07, 6.45) is 12.9. The van der Waals surface area contributed by atoms with Crippen LogP contribution in [0.2, 0.25) is 0 Å². The van der Waals surface area contributed by atoms with Crippen molar-refractivity contribution in [1.82, 2.24) is 9.88 Å². The van der Waals surface area contributed by atoms with Gasteiger partial charge in [-0.25, -0.2) is 0 Å². The van der Waals surface area contributed by atoms with E-state index >= 15 is 0 Å². The van der Waals surface area contributed by atoms with Gasteiger partial charge in [-0.15, -0.1) is 0 Å². The average Bonchev–Trinajstić information content (AvgIpc) is 2.56. The van der Waals surface area contributed by atoms with Crippen LogP contribution in [0.25, 0.3) is 0 Å². The molecule has 0 saturated carbocycles. The van der Waals surface area contributed by atoms with E-state index < -0.39 is 11.8 Å². The summed E-state index contributed by atoms with van der Waals surface area (Å²) in [7, 11) is 0. The van der Waals surface area contributed by atoms with Gasteiger partial charge in [0.25, 0.3) is 0 Å². The highest BCUT2D eigenvalue weighted by Gasteiger charge is 2.38. The number of hydrogen-bond donors (Lipinski definition) is 1. The predicted molar refractivity (Wildman–Crippen MR) is 84.1 cm³/mol. The van der Waals surface area contributed by atoms with Gasteiger partial charge in [-0.2, -0.15) is 0 Å². The molecular formula is C17H21N3O2. The molecule has 1 aromatic heterocycles. The summed E-state index contributed by atoms with van der Waals surface area (Å²) < 4.78 is 0. The molecule has 1 aliphatic heterocycles. The van der Waals surface area contributed by atoms with E-state index in [9.17, 15) is 9.59 Å². The summed E-state index contributed by atoms with van der Waals surface area (Å²) in [5.41, 5.74) is 0.727. The van der Waals surface area contributed by atoms with E-state index in [0.29, 0.717) is 18.8 Å². The van der Waals surface area contributed by atoms with Gasteiger partial charge in [-0.1, -0.05) is 12.2 Å². The Balaban J connectivity index is 1.64. The number of carbonyl (C=O) groups excluding carboxylic acids is 2. The maximum absolute atomic E-state index is 12.4. The third kappa shape index (κ3) is 3.18. The first-order valence-electron chi connectivity index (χ1n) is 7.84. The molecule has 0 bridgehead atoms. The highest BCUT2D eigenvalue weighted by atomic mass is 16.2. The number of aromatic nitrogens is 1.